The predicted molar refractivity (Wildman–Crippen MR) is 227 cm³/mol. The summed E-state index contributed by atoms with van der Waals surface area (Å²) >= 11 is 0. The van der Waals surface area contributed by atoms with Crippen molar-refractivity contribution in [3.8, 4) is 0 Å². The molecule has 0 fully saturated rings. The van der Waals surface area contributed by atoms with Crippen LogP contribution in [0.5, 0.6) is 0 Å². The predicted octanol–water partition coefficient (Wildman–Crippen LogP) is 16.6. The molecule has 308 valence electrons. The van der Waals surface area contributed by atoms with Gasteiger partial charge in [0, 0.05) is 12.8 Å². The minimum atomic E-state index is -0.706. The molecule has 1 unspecified atom stereocenters. The number of carboxylic acids is 1. The highest BCUT2D eigenvalue weighted by Crippen LogP contribution is 2.19. The van der Waals surface area contributed by atoms with Crippen molar-refractivity contribution in [1.29, 1.82) is 0 Å². The molecule has 0 heterocycles. The summed E-state index contributed by atoms with van der Waals surface area (Å²) in [4.78, 5) is 23.5. The van der Waals surface area contributed by atoms with Crippen molar-refractivity contribution < 1.29 is 19.4 Å². The fourth-order valence-corrected chi connectivity index (χ4v) is 7.48. The van der Waals surface area contributed by atoms with Crippen LogP contribution in [-0.4, -0.2) is 23.1 Å². The number of carbonyl (C=O) groups is 2. The third-order valence-corrected chi connectivity index (χ3v) is 11.0. The Labute approximate surface area is 325 Å². The first kappa shape index (κ1) is 50.7. The molecule has 0 aliphatic heterocycles. The average molecular weight is 733 g/mol. The van der Waals surface area contributed by atoms with Gasteiger partial charge in [-0.2, -0.15) is 0 Å². The van der Waals surface area contributed by atoms with Crippen molar-refractivity contribution in [3.05, 3.63) is 12.2 Å². The van der Waals surface area contributed by atoms with E-state index in [0.717, 1.165) is 57.8 Å². The lowest BCUT2D eigenvalue weighted by Gasteiger charge is -2.18. The number of ether oxygens (including phenoxy) is 1. The van der Waals surface area contributed by atoms with Crippen molar-refractivity contribution in [1.82, 2.24) is 0 Å². The Morgan fingerprint density at radius 2 is 0.692 bits per heavy atom. The van der Waals surface area contributed by atoms with Gasteiger partial charge in [-0.05, 0) is 64.2 Å². The molecule has 0 saturated heterocycles. The van der Waals surface area contributed by atoms with Crippen LogP contribution in [0, 0.1) is 0 Å². The zero-order valence-corrected chi connectivity index (χ0v) is 35.4. The molecule has 0 aromatic heterocycles. The van der Waals surface area contributed by atoms with Gasteiger partial charge >= 0.3 is 11.9 Å². The van der Waals surface area contributed by atoms with Crippen LogP contribution in [0.3, 0.4) is 0 Å². The van der Waals surface area contributed by atoms with E-state index in [-0.39, 0.29) is 18.5 Å². The van der Waals surface area contributed by atoms with E-state index in [0.29, 0.717) is 6.42 Å². The van der Waals surface area contributed by atoms with Gasteiger partial charge in [0.25, 0.3) is 0 Å². The second-order valence-electron chi connectivity index (χ2n) is 16.3. The third-order valence-electron chi connectivity index (χ3n) is 11.0. The van der Waals surface area contributed by atoms with Crippen LogP contribution in [0.1, 0.15) is 277 Å². The van der Waals surface area contributed by atoms with Crippen LogP contribution in [0.2, 0.25) is 0 Å². The molecule has 0 aromatic carbocycles. The van der Waals surface area contributed by atoms with E-state index in [1.165, 1.54) is 193 Å². The van der Waals surface area contributed by atoms with Crippen LogP contribution in [0.25, 0.3) is 0 Å². The fourth-order valence-electron chi connectivity index (χ4n) is 7.48. The summed E-state index contributed by atoms with van der Waals surface area (Å²) in [5.74, 6) is -0.711. The van der Waals surface area contributed by atoms with E-state index in [1.807, 2.05) is 0 Å². The van der Waals surface area contributed by atoms with Crippen LogP contribution in [-0.2, 0) is 14.3 Å². The van der Waals surface area contributed by atoms with Crippen LogP contribution in [0.15, 0.2) is 12.2 Å². The first-order valence-electron chi connectivity index (χ1n) is 23.7. The monoisotopic (exact) mass is 733 g/mol. The molecule has 0 radical (unpaired) electrons. The lowest BCUT2D eigenvalue weighted by atomic mass is 10.0. The highest BCUT2D eigenvalue weighted by molar-refractivity contribution is 5.69. The van der Waals surface area contributed by atoms with Gasteiger partial charge in [-0.25, -0.2) is 0 Å². The molecule has 0 aliphatic carbocycles. The summed E-state index contributed by atoms with van der Waals surface area (Å²) in [6, 6.07) is 0. The largest absolute Gasteiger partial charge is 0.481 e. The molecule has 0 aliphatic rings. The number of hydrogen-bond acceptors (Lipinski definition) is 3. The zero-order valence-electron chi connectivity index (χ0n) is 35.4. The molecule has 0 bridgehead atoms. The minimum Gasteiger partial charge on any atom is -0.481 e. The summed E-state index contributed by atoms with van der Waals surface area (Å²) in [5.41, 5.74) is 0. The number of esters is 1. The van der Waals surface area contributed by atoms with Crippen LogP contribution in [0.4, 0.5) is 0 Å². The second kappa shape index (κ2) is 44.1. The quantitative estimate of drug-likeness (QED) is 0.0385. The summed E-state index contributed by atoms with van der Waals surface area (Å²) in [5, 5.41) is 8.89. The van der Waals surface area contributed by atoms with Crippen molar-refractivity contribution in [2.45, 2.75) is 283 Å². The maximum atomic E-state index is 12.7. The molecule has 1 atom stereocenters. The van der Waals surface area contributed by atoms with Gasteiger partial charge in [0.2, 0.25) is 0 Å². The number of carboxylic acid groups (broad SMARTS) is 1. The topological polar surface area (TPSA) is 63.6 Å². The normalized spacial score (nSPS) is 12.2. The average Bonchev–Trinajstić information content (AvgIpc) is 3.13. The molecule has 4 heteroatoms. The van der Waals surface area contributed by atoms with Gasteiger partial charge in [0.15, 0.2) is 0 Å². The van der Waals surface area contributed by atoms with Gasteiger partial charge in [-0.3, -0.25) is 9.59 Å². The van der Waals surface area contributed by atoms with E-state index < -0.39 is 5.97 Å². The SMILES string of the molecule is CCCCCCCC/C=C\CCCCCCCCCCCCCC(=O)OC(CCCCCCCCCCCCCCCC)CCCCCCC(=O)O. The Hall–Kier alpha value is -1.32. The molecule has 0 rings (SSSR count). The van der Waals surface area contributed by atoms with Crippen molar-refractivity contribution >= 4 is 11.9 Å². The van der Waals surface area contributed by atoms with E-state index in [2.05, 4.69) is 26.0 Å². The number of carbonyl (C=O) groups excluding carboxylic acids is 1. The molecular weight excluding hydrogens is 641 g/mol. The maximum absolute atomic E-state index is 12.7. The van der Waals surface area contributed by atoms with Gasteiger partial charge in [0.1, 0.15) is 6.10 Å². The number of unbranched alkanes of at least 4 members (excludes halogenated alkanes) is 33. The molecule has 4 nitrogen and oxygen atoms in total. The van der Waals surface area contributed by atoms with Gasteiger partial charge in [-0.15, -0.1) is 0 Å². The Morgan fingerprint density at radius 3 is 1.04 bits per heavy atom. The second-order valence-corrected chi connectivity index (χ2v) is 16.3. The van der Waals surface area contributed by atoms with E-state index >= 15 is 0 Å². The molecule has 0 spiro atoms. The van der Waals surface area contributed by atoms with Gasteiger partial charge in [-0.1, -0.05) is 212 Å². The summed E-state index contributed by atoms with van der Waals surface area (Å²) in [6.07, 6.45) is 55.4. The zero-order chi connectivity index (χ0) is 37.8. The van der Waals surface area contributed by atoms with Crippen molar-refractivity contribution in [2.75, 3.05) is 0 Å². The van der Waals surface area contributed by atoms with E-state index in [9.17, 15) is 9.59 Å². The van der Waals surface area contributed by atoms with Crippen LogP contribution >= 0.6 is 0 Å². The van der Waals surface area contributed by atoms with Gasteiger partial charge < -0.3 is 9.84 Å². The maximum Gasteiger partial charge on any atom is 0.306 e. The lowest BCUT2D eigenvalue weighted by molar-refractivity contribution is -0.150. The Morgan fingerprint density at radius 1 is 0.404 bits per heavy atom. The van der Waals surface area contributed by atoms with Gasteiger partial charge in [0.05, 0.1) is 0 Å². The molecule has 1 N–H and O–H groups in total. The fraction of sp³-hybridized carbons (Fsp3) is 0.917. The highest BCUT2D eigenvalue weighted by Gasteiger charge is 2.14. The Kier molecular flexibility index (Phi) is 43.0. The molecule has 52 heavy (non-hydrogen) atoms. The summed E-state index contributed by atoms with van der Waals surface area (Å²) < 4.78 is 6.02. The van der Waals surface area contributed by atoms with Crippen molar-refractivity contribution in [3.63, 3.8) is 0 Å². The first-order chi connectivity index (χ1) is 25.6. The molecule has 0 aromatic rings. The summed E-state index contributed by atoms with van der Waals surface area (Å²) in [7, 11) is 0. The Balaban J connectivity index is 3.86. The highest BCUT2D eigenvalue weighted by atomic mass is 16.5. The first-order valence-corrected chi connectivity index (χ1v) is 23.7. The third kappa shape index (κ3) is 43.1. The smallest absolute Gasteiger partial charge is 0.306 e. The molecule has 0 amide bonds. The van der Waals surface area contributed by atoms with E-state index in [4.69, 9.17) is 9.84 Å². The number of hydrogen-bond donors (Lipinski definition) is 1. The Bertz CT molecular complexity index is 747. The molecule has 0 saturated carbocycles. The lowest BCUT2D eigenvalue weighted by Crippen LogP contribution is -2.18. The standard InChI is InChI=1S/C48H92O4/c1-3-5-7-9-11-13-15-17-19-20-21-22-23-24-25-27-29-31-33-35-41-45-48(51)52-46(43-39-36-37-40-44-47(49)50)42-38-34-32-30-28-26-18-16-14-12-10-8-6-4-2/h17,19,46H,3-16,18,20-45H2,1-2H3,(H,49,50)/b19-17-. The summed E-state index contributed by atoms with van der Waals surface area (Å²) in [6.45, 7) is 4.57. The minimum absolute atomic E-state index is 0.00506. The molecular formula is C48H92O4. The van der Waals surface area contributed by atoms with Crippen LogP contribution < -0.4 is 0 Å². The number of allylic oxidation sites excluding steroid dienone is 2. The van der Waals surface area contributed by atoms with Crippen molar-refractivity contribution in [2.24, 2.45) is 0 Å². The number of aliphatic carboxylic acids is 1. The number of rotatable bonds is 44. The van der Waals surface area contributed by atoms with E-state index in [1.54, 1.807) is 0 Å².